The van der Waals surface area contributed by atoms with E-state index in [1.165, 1.54) is 0 Å². The van der Waals surface area contributed by atoms with Crippen molar-refractivity contribution in [2.24, 2.45) is 0 Å². The zero-order valence-electron chi connectivity index (χ0n) is 10.7. The van der Waals surface area contributed by atoms with E-state index in [-0.39, 0.29) is 0 Å². The molecule has 96 valence electrons. The minimum Gasteiger partial charge on any atom is -0.493 e. The first-order valence-electron chi connectivity index (χ1n) is 6.04. The van der Waals surface area contributed by atoms with E-state index >= 15 is 0 Å². The molecule has 0 aliphatic rings. The van der Waals surface area contributed by atoms with Crippen molar-refractivity contribution < 1.29 is 4.74 Å². The normalized spacial score (nSPS) is 10.8. The zero-order chi connectivity index (χ0) is 13.0. The molecular weight excluding hydrogens is 228 g/mol. The average Bonchev–Trinajstić information content (AvgIpc) is 2.81. The summed E-state index contributed by atoms with van der Waals surface area (Å²) < 4.78 is 5.59. The maximum absolute atomic E-state index is 5.60. The van der Waals surface area contributed by atoms with Crippen LogP contribution in [-0.4, -0.2) is 21.8 Å². The van der Waals surface area contributed by atoms with Gasteiger partial charge < -0.3 is 10.5 Å². The van der Waals surface area contributed by atoms with Crippen LogP contribution in [0.5, 0.6) is 5.75 Å². The maximum Gasteiger partial charge on any atom is 0.153 e. The molecule has 2 aromatic rings. The highest BCUT2D eigenvalue weighted by molar-refractivity contribution is 5.41. The van der Waals surface area contributed by atoms with Gasteiger partial charge in [0.05, 0.1) is 6.61 Å². The summed E-state index contributed by atoms with van der Waals surface area (Å²) in [5.41, 5.74) is 6.33. The van der Waals surface area contributed by atoms with Crippen LogP contribution in [0.1, 0.15) is 31.4 Å². The number of hydrogen-bond donors (Lipinski definition) is 2. The molecular formula is C13H18N4O. The number of nitrogens with one attached hydrogen (secondary N) is 1. The van der Waals surface area contributed by atoms with Crippen LogP contribution in [0.3, 0.4) is 0 Å². The molecule has 0 saturated carbocycles. The van der Waals surface area contributed by atoms with Gasteiger partial charge in [0.2, 0.25) is 0 Å². The molecule has 0 aliphatic heterocycles. The molecule has 1 aromatic carbocycles. The van der Waals surface area contributed by atoms with Crippen LogP contribution in [0, 0.1) is 0 Å². The summed E-state index contributed by atoms with van der Waals surface area (Å²) in [6, 6.07) is 7.35. The fourth-order valence-corrected chi connectivity index (χ4v) is 1.51. The fourth-order valence-electron chi connectivity index (χ4n) is 1.51. The van der Waals surface area contributed by atoms with E-state index in [2.05, 4.69) is 29.0 Å². The van der Waals surface area contributed by atoms with E-state index in [9.17, 15) is 0 Å². The molecule has 0 amide bonds. The van der Waals surface area contributed by atoms with Crippen molar-refractivity contribution in [2.75, 3.05) is 12.3 Å². The van der Waals surface area contributed by atoms with Crippen molar-refractivity contribution >= 4 is 5.69 Å². The summed E-state index contributed by atoms with van der Waals surface area (Å²) in [5.74, 6) is 2.85. The van der Waals surface area contributed by atoms with Crippen LogP contribution in [0.15, 0.2) is 24.3 Å². The lowest BCUT2D eigenvalue weighted by molar-refractivity contribution is 0.319. The minimum atomic E-state index is 0.341. The molecule has 5 nitrogen and oxygen atoms in total. The van der Waals surface area contributed by atoms with E-state index in [1.54, 1.807) is 0 Å². The molecule has 1 aromatic heterocycles. The van der Waals surface area contributed by atoms with E-state index < -0.39 is 0 Å². The lowest BCUT2D eigenvalue weighted by atomic mass is 10.2. The van der Waals surface area contributed by atoms with Gasteiger partial charge in [-0.15, -0.1) is 0 Å². The lowest BCUT2D eigenvalue weighted by Gasteiger charge is -2.04. The van der Waals surface area contributed by atoms with Gasteiger partial charge in [-0.05, 0) is 24.3 Å². The highest BCUT2D eigenvalue weighted by Crippen LogP contribution is 2.13. The molecule has 2 rings (SSSR count). The molecule has 0 unspecified atom stereocenters. The van der Waals surface area contributed by atoms with Crippen molar-refractivity contribution in [1.82, 2.24) is 15.2 Å². The predicted molar refractivity (Wildman–Crippen MR) is 70.5 cm³/mol. The Morgan fingerprint density at radius 3 is 2.61 bits per heavy atom. The van der Waals surface area contributed by atoms with Crippen LogP contribution in [0.25, 0.3) is 0 Å². The SMILES string of the molecule is CC(C)c1n[nH]c(CCOc2ccc(N)cc2)n1. The van der Waals surface area contributed by atoms with E-state index in [0.29, 0.717) is 18.9 Å². The second-order valence-corrected chi connectivity index (χ2v) is 4.46. The number of anilines is 1. The third-order valence-electron chi connectivity index (χ3n) is 2.55. The second-order valence-electron chi connectivity index (χ2n) is 4.46. The minimum absolute atomic E-state index is 0.341. The number of benzene rings is 1. The second kappa shape index (κ2) is 5.53. The fraction of sp³-hybridized carbons (Fsp3) is 0.385. The number of aromatic nitrogens is 3. The number of nitrogens with zero attached hydrogens (tertiary/aromatic N) is 2. The quantitative estimate of drug-likeness (QED) is 0.792. The Bertz CT molecular complexity index is 490. The van der Waals surface area contributed by atoms with Gasteiger partial charge in [0, 0.05) is 18.0 Å². The monoisotopic (exact) mass is 246 g/mol. The number of rotatable bonds is 5. The number of nitrogens with two attached hydrogens (primary N) is 1. The first kappa shape index (κ1) is 12.4. The van der Waals surface area contributed by atoms with Gasteiger partial charge in [-0.2, -0.15) is 5.10 Å². The Morgan fingerprint density at radius 2 is 2.00 bits per heavy atom. The van der Waals surface area contributed by atoms with Crippen LogP contribution >= 0.6 is 0 Å². The van der Waals surface area contributed by atoms with Crippen LogP contribution < -0.4 is 10.5 Å². The smallest absolute Gasteiger partial charge is 0.153 e. The molecule has 3 N–H and O–H groups in total. The van der Waals surface area contributed by atoms with Crippen molar-refractivity contribution in [1.29, 1.82) is 0 Å². The van der Waals surface area contributed by atoms with Crippen molar-refractivity contribution in [3.8, 4) is 5.75 Å². The standard InChI is InChI=1S/C13H18N4O/c1-9(2)13-15-12(16-17-13)7-8-18-11-5-3-10(14)4-6-11/h3-6,9H,7-8,14H2,1-2H3,(H,15,16,17). The number of ether oxygens (including phenoxy) is 1. The molecule has 0 saturated heterocycles. The van der Waals surface area contributed by atoms with Gasteiger partial charge in [-0.25, -0.2) is 4.98 Å². The van der Waals surface area contributed by atoms with Crippen molar-refractivity contribution in [2.45, 2.75) is 26.2 Å². The average molecular weight is 246 g/mol. The summed E-state index contributed by atoms with van der Waals surface area (Å²) in [4.78, 5) is 4.39. The van der Waals surface area contributed by atoms with Gasteiger partial charge in [-0.1, -0.05) is 13.8 Å². The summed E-state index contributed by atoms with van der Waals surface area (Å²) in [5, 5.41) is 7.07. The topological polar surface area (TPSA) is 76.8 Å². The molecule has 18 heavy (non-hydrogen) atoms. The number of nitrogen functional groups attached to an aromatic ring is 1. The van der Waals surface area contributed by atoms with Crippen molar-refractivity contribution in [3.05, 3.63) is 35.9 Å². The highest BCUT2D eigenvalue weighted by Gasteiger charge is 2.06. The van der Waals surface area contributed by atoms with Gasteiger partial charge in [0.1, 0.15) is 11.6 Å². The van der Waals surface area contributed by atoms with E-state index in [4.69, 9.17) is 10.5 Å². The largest absolute Gasteiger partial charge is 0.493 e. The highest BCUT2D eigenvalue weighted by atomic mass is 16.5. The molecule has 0 atom stereocenters. The molecule has 1 heterocycles. The Morgan fingerprint density at radius 1 is 1.28 bits per heavy atom. The Labute approximate surface area is 106 Å². The molecule has 0 radical (unpaired) electrons. The Kier molecular flexibility index (Phi) is 3.82. The van der Waals surface area contributed by atoms with E-state index in [1.807, 2.05) is 24.3 Å². The molecule has 0 aliphatic carbocycles. The van der Waals surface area contributed by atoms with Gasteiger partial charge in [-0.3, -0.25) is 5.10 Å². The molecule has 0 fully saturated rings. The van der Waals surface area contributed by atoms with E-state index in [0.717, 1.165) is 23.1 Å². The van der Waals surface area contributed by atoms with Gasteiger partial charge in [0.25, 0.3) is 0 Å². The zero-order valence-corrected chi connectivity index (χ0v) is 10.7. The van der Waals surface area contributed by atoms with Crippen LogP contribution in [0.4, 0.5) is 5.69 Å². The van der Waals surface area contributed by atoms with Gasteiger partial charge >= 0.3 is 0 Å². The number of H-pyrrole nitrogens is 1. The Hall–Kier alpha value is -2.04. The summed E-state index contributed by atoms with van der Waals surface area (Å²) in [6.45, 7) is 4.70. The first-order chi connectivity index (χ1) is 8.65. The predicted octanol–water partition coefficient (Wildman–Crippen LogP) is 2.13. The molecule has 0 bridgehead atoms. The summed E-state index contributed by atoms with van der Waals surface area (Å²) in [6.07, 6.45) is 0.712. The Balaban J connectivity index is 1.82. The van der Waals surface area contributed by atoms with Gasteiger partial charge in [0.15, 0.2) is 5.82 Å². The lowest BCUT2D eigenvalue weighted by Crippen LogP contribution is -2.03. The molecule has 0 spiro atoms. The maximum atomic E-state index is 5.60. The molecule has 5 heteroatoms. The first-order valence-corrected chi connectivity index (χ1v) is 6.04. The number of hydrogen-bond acceptors (Lipinski definition) is 4. The summed E-state index contributed by atoms with van der Waals surface area (Å²) in [7, 11) is 0. The van der Waals surface area contributed by atoms with Crippen LogP contribution in [0.2, 0.25) is 0 Å². The number of aromatic amines is 1. The third-order valence-corrected chi connectivity index (χ3v) is 2.55. The third kappa shape index (κ3) is 3.23. The van der Waals surface area contributed by atoms with Crippen molar-refractivity contribution in [3.63, 3.8) is 0 Å². The van der Waals surface area contributed by atoms with Crippen LogP contribution in [-0.2, 0) is 6.42 Å². The summed E-state index contributed by atoms with van der Waals surface area (Å²) >= 11 is 0.